The Morgan fingerprint density at radius 1 is 1.32 bits per heavy atom. The van der Waals surface area contributed by atoms with E-state index in [1.165, 1.54) is 5.56 Å². The summed E-state index contributed by atoms with van der Waals surface area (Å²) in [6, 6.07) is 6.16. The molecule has 0 aromatic heterocycles. The number of allylic oxidation sites excluding steroid dienone is 1. The van der Waals surface area contributed by atoms with E-state index in [4.69, 9.17) is 17.3 Å². The van der Waals surface area contributed by atoms with Crippen LogP contribution in [0.5, 0.6) is 0 Å². The second-order valence-corrected chi connectivity index (χ2v) is 6.74. The zero-order valence-electron chi connectivity index (χ0n) is 13.9. The summed E-state index contributed by atoms with van der Waals surface area (Å²) >= 11 is 6.18. The van der Waals surface area contributed by atoms with Crippen molar-refractivity contribution in [1.82, 2.24) is 5.32 Å². The van der Waals surface area contributed by atoms with Crippen molar-refractivity contribution in [3.8, 4) is 0 Å². The monoisotopic (exact) mass is 321 g/mol. The average Bonchev–Trinajstić information content (AvgIpc) is 2.52. The van der Waals surface area contributed by atoms with Gasteiger partial charge in [0.2, 0.25) is 0 Å². The number of benzene rings is 1. The lowest BCUT2D eigenvalue weighted by atomic mass is 9.73. The third-order valence-electron chi connectivity index (χ3n) is 4.77. The second-order valence-electron chi connectivity index (χ2n) is 6.30. The quantitative estimate of drug-likeness (QED) is 0.704. The van der Waals surface area contributed by atoms with E-state index < -0.39 is 0 Å². The van der Waals surface area contributed by atoms with Gasteiger partial charge in [-0.1, -0.05) is 38.4 Å². The first-order valence-electron chi connectivity index (χ1n) is 8.28. The molecule has 1 unspecified atom stereocenters. The molecule has 0 bridgehead atoms. The van der Waals surface area contributed by atoms with Crippen LogP contribution in [0.25, 0.3) is 0 Å². The lowest BCUT2D eigenvalue weighted by Crippen LogP contribution is -2.34. The molecule has 0 saturated carbocycles. The Morgan fingerprint density at radius 3 is 2.68 bits per heavy atom. The molecule has 122 valence electrons. The van der Waals surface area contributed by atoms with Crippen molar-refractivity contribution in [2.45, 2.75) is 45.4 Å². The van der Waals surface area contributed by atoms with Crippen molar-refractivity contribution in [2.75, 3.05) is 18.4 Å². The molecule has 4 N–H and O–H groups in total. The standard InChI is InChI=1S/C18H28ClN3/c1-4-18(5-2)11-17(21-12-13(3)8-9-20)22-16-10-14(19)6-7-15(16)18/h6-7,10-11,13,21-22H,4-5,8-9,12,20H2,1-3H3. The fourth-order valence-electron chi connectivity index (χ4n) is 3.19. The van der Waals surface area contributed by atoms with Gasteiger partial charge in [0.05, 0.1) is 5.82 Å². The maximum atomic E-state index is 6.18. The van der Waals surface area contributed by atoms with Crippen LogP contribution in [0.3, 0.4) is 0 Å². The molecule has 1 aromatic carbocycles. The van der Waals surface area contributed by atoms with Crippen LogP contribution in [0.2, 0.25) is 5.02 Å². The molecule has 1 heterocycles. The van der Waals surface area contributed by atoms with Crippen LogP contribution < -0.4 is 16.4 Å². The Kier molecular flexibility index (Phi) is 5.76. The van der Waals surface area contributed by atoms with E-state index in [1.54, 1.807) is 0 Å². The molecule has 0 aliphatic carbocycles. The SMILES string of the molecule is CCC1(CC)C=C(NCC(C)CCN)Nc2cc(Cl)ccc21. The summed E-state index contributed by atoms with van der Waals surface area (Å²) in [5.41, 5.74) is 8.16. The number of fused-ring (bicyclic) bond motifs is 1. The molecular formula is C18H28ClN3. The number of hydrogen-bond donors (Lipinski definition) is 3. The van der Waals surface area contributed by atoms with Crippen molar-refractivity contribution in [3.63, 3.8) is 0 Å². The van der Waals surface area contributed by atoms with Crippen LogP contribution in [-0.4, -0.2) is 13.1 Å². The molecule has 22 heavy (non-hydrogen) atoms. The van der Waals surface area contributed by atoms with Crippen molar-refractivity contribution >= 4 is 17.3 Å². The predicted octanol–water partition coefficient (Wildman–Crippen LogP) is 4.24. The molecule has 1 aliphatic heterocycles. The van der Waals surface area contributed by atoms with E-state index in [0.29, 0.717) is 5.92 Å². The number of hydrogen-bond acceptors (Lipinski definition) is 3. The van der Waals surface area contributed by atoms with Gasteiger partial charge in [0.15, 0.2) is 0 Å². The third kappa shape index (κ3) is 3.58. The molecule has 1 aliphatic rings. The van der Waals surface area contributed by atoms with Crippen molar-refractivity contribution in [1.29, 1.82) is 0 Å². The summed E-state index contributed by atoms with van der Waals surface area (Å²) < 4.78 is 0. The zero-order chi connectivity index (χ0) is 16.2. The Hall–Kier alpha value is -1.19. The zero-order valence-corrected chi connectivity index (χ0v) is 14.6. The number of nitrogens with one attached hydrogen (secondary N) is 2. The van der Waals surface area contributed by atoms with Crippen LogP contribution in [0.4, 0.5) is 5.69 Å². The van der Waals surface area contributed by atoms with Gasteiger partial charge >= 0.3 is 0 Å². The van der Waals surface area contributed by atoms with Gasteiger partial charge in [-0.25, -0.2) is 0 Å². The van der Waals surface area contributed by atoms with Gasteiger partial charge in [0, 0.05) is 22.7 Å². The fourth-order valence-corrected chi connectivity index (χ4v) is 3.36. The average molecular weight is 322 g/mol. The normalized spacial score (nSPS) is 17.2. The molecule has 4 heteroatoms. The molecule has 0 spiro atoms. The maximum absolute atomic E-state index is 6.18. The third-order valence-corrected chi connectivity index (χ3v) is 5.01. The van der Waals surface area contributed by atoms with E-state index in [-0.39, 0.29) is 5.41 Å². The summed E-state index contributed by atoms with van der Waals surface area (Å²) in [6.07, 6.45) is 5.53. The summed E-state index contributed by atoms with van der Waals surface area (Å²) in [6.45, 7) is 8.38. The van der Waals surface area contributed by atoms with Crippen LogP contribution in [0.15, 0.2) is 30.1 Å². The van der Waals surface area contributed by atoms with Crippen LogP contribution in [-0.2, 0) is 5.41 Å². The van der Waals surface area contributed by atoms with Crippen molar-refractivity contribution in [3.05, 3.63) is 40.7 Å². The van der Waals surface area contributed by atoms with E-state index in [9.17, 15) is 0 Å². The van der Waals surface area contributed by atoms with E-state index >= 15 is 0 Å². The molecule has 1 aromatic rings. The number of nitrogens with two attached hydrogens (primary N) is 1. The molecule has 1 atom stereocenters. The second kappa shape index (κ2) is 7.38. The van der Waals surface area contributed by atoms with E-state index in [1.807, 2.05) is 12.1 Å². The van der Waals surface area contributed by atoms with Gasteiger partial charge in [-0.3, -0.25) is 0 Å². The highest BCUT2D eigenvalue weighted by Gasteiger charge is 2.32. The molecule has 0 amide bonds. The Morgan fingerprint density at radius 2 is 2.05 bits per heavy atom. The lowest BCUT2D eigenvalue weighted by molar-refractivity contribution is 0.475. The highest BCUT2D eigenvalue weighted by atomic mass is 35.5. The molecule has 0 fully saturated rings. The predicted molar refractivity (Wildman–Crippen MR) is 96.3 cm³/mol. The molecular weight excluding hydrogens is 294 g/mol. The maximum Gasteiger partial charge on any atom is 0.0999 e. The first-order valence-corrected chi connectivity index (χ1v) is 8.66. The van der Waals surface area contributed by atoms with E-state index in [0.717, 1.165) is 48.9 Å². The smallest absolute Gasteiger partial charge is 0.0999 e. The molecule has 2 rings (SSSR count). The van der Waals surface area contributed by atoms with Gasteiger partial charge in [-0.05, 0) is 55.5 Å². The molecule has 0 saturated heterocycles. The van der Waals surface area contributed by atoms with Crippen molar-refractivity contribution < 1.29 is 0 Å². The van der Waals surface area contributed by atoms with Crippen LogP contribution in [0, 0.1) is 5.92 Å². The van der Waals surface area contributed by atoms with Crippen LogP contribution in [0.1, 0.15) is 45.6 Å². The first kappa shape index (κ1) is 17.2. The summed E-state index contributed by atoms with van der Waals surface area (Å²) in [5, 5.41) is 7.80. The topological polar surface area (TPSA) is 50.1 Å². The van der Waals surface area contributed by atoms with Gasteiger partial charge in [0.1, 0.15) is 0 Å². The van der Waals surface area contributed by atoms with Crippen LogP contribution >= 0.6 is 11.6 Å². The number of halogens is 1. The minimum absolute atomic E-state index is 0.0740. The Labute approximate surface area is 139 Å². The fraction of sp³-hybridized carbons (Fsp3) is 0.556. The minimum Gasteiger partial charge on any atom is -0.372 e. The summed E-state index contributed by atoms with van der Waals surface area (Å²) in [5.74, 6) is 1.65. The largest absolute Gasteiger partial charge is 0.372 e. The van der Waals surface area contributed by atoms with Crippen molar-refractivity contribution in [2.24, 2.45) is 11.7 Å². The van der Waals surface area contributed by atoms with Gasteiger partial charge in [0.25, 0.3) is 0 Å². The Balaban J connectivity index is 2.24. The first-order chi connectivity index (χ1) is 10.5. The molecule has 3 nitrogen and oxygen atoms in total. The highest BCUT2D eigenvalue weighted by molar-refractivity contribution is 6.30. The summed E-state index contributed by atoms with van der Waals surface area (Å²) in [7, 11) is 0. The van der Waals surface area contributed by atoms with Gasteiger partial charge in [-0.15, -0.1) is 0 Å². The Bertz CT molecular complexity index is 535. The summed E-state index contributed by atoms with van der Waals surface area (Å²) in [4.78, 5) is 0. The lowest BCUT2D eigenvalue weighted by Gasteiger charge is -2.37. The van der Waals surface area contributed by atoms with E-state index in [2.05, 4.69) is 43.5 Å². The number of rotatable bonds is 7. The number of anilines is 1. The molecule has 0 radical (unpaired) electrons. The highest BCUT2D eigenvalue weighted by Crippen LogP contribution is 2.42. The minimum atomic E-state index is 0.0740. The van der Waals surface area contributed by atoms with Gasteiger partial charge in [-0.2, -0.15) is 0 Å². The van der Waals surface area contributed by atoms with Gasteiger partial charge < -0.3 is 16.4 Å².